The Kier molecular flexibility index (Phi) is 18.8. The van der Waals surface area contributed by atoms with E-state index in [0.29, 0.717) is 12.2 Å². The maximum absolute atomic E-state index is 6.20. The molecular formula is C29H53NO2. The van der Waals surface area contributed by atoms with Crippen LogP contribution in [0.2, 0.25) is 0 Å². The minimum atomic E-state index is 0.317. The van der Waals surface area contributed by atoms with Crippen molar-refractivity contribution in [2.45, 2.75) is 123 Å². The molecule has 0 aliphatic heterocycles. The van der Waals surface area contributed by atoms with Crippen LogP contribution in [0.3, 0.4) is 0 Å². The van der Waals surface area contributed by atoms with Gasteiger partial charge in [0, 0.05) is 32.8 Å². The highest BCUT2D eigenvalue weighted by molar-refractivity contribution is 5.14. The van der Waals surface area contributed by atoms with Crippen molar-refractivity contribution in [3.8, 4) is 0 Å². The fourth-order valence-electron chi connectivity index (χ4n) is 4.50. The van der Waals surface area contributed by atoms with Crippen LogP contribution in [0.1, 0.15) is 110 Å². The fraction of sp³-hybridized carbons (Fsp3) is 0.793. The summed E-state index contributed by atoms with van der Waals surface area (Å²) in [7, 11) is 0. The van der Waals surface area contributed by atoms with Gasteiger partial charge in [0.15, 0.2) is 0 Å². The molecule has 3 heteroatoms. The lowest BCUT2D eigenvalue weighted by Gasteiger charge is -2.31. The Labute approximate surface area is 200 Å². The maximum Gasteiger partial charge on any atom is 0.0702 e. The van der Waals surface area contributed by atoms with Gasteiger partial charge >= 0.3 is 0 Å². The monoisotopic (exact) mass is 447 g/mol. The van der Waals surface area contributed by atoms with Crippen LogP contribution in [0.4, 0.5) is 0 Å². The molecule has 0 saturated heterocycles. The van der Waals surface area contributed by atoms with Gasteiger partial charge in [-0.3, -0.25) is 4.90 Å². The summed E-state index contributed by atoms with van der Waals surface area (Å²) in [6.45, 7) is 13.4. The summed E-state index contributed by atoms with van der Waals surface area (Å²) in [6, 6.07) is 10.9. The van der Waals surface area contributed by atoms with Crippen LogP contribution in [0.25, 0.3) is 0 Å². The summed E-state index contributed by atoms with van der Waals surface area (Å²) in [4.78, 5) is 2.59. The van der Waals surface area contributed by atoms with Crippen LogP contribution in [0, 0.1) is 0 Å². The van der Waals surface area contributed by atoms with Crippen molar-refractivity contribution >= 4 is 0 Å². The van der Waals surface area contributed by atoms with Crippen LogP contribution in [-0.4, -0.2) is 43.4 Å². The van der Waals surface area contributed by atoms with Gasteiger partial charge in [-0.2, -0.15) is 0 Å². The lowest BCUT2D eigenvalue weighted by Crippen LogP contribution is -2.39. The second-order valence-electron chi connectivity index (χ2n) is 9.24. The van der Waals surface area contributed by atoms with Gasteiger partial charge in [0.25, 0.3) is 0 Å². The average Bonchev–Trinajstić information content (AvgIpc) is 2.79. The molecule has 2 atom stereocenters. The van der Waals surface area contributed by atoms with Crippen molar-refractivity contribution in [1.29, 1.82) is 0 Å². The second-order valence-corrected chi connectivity index (χ2v) is 9.24. The molecule has 0 spiro atoms. The molecule has 2 unspecified atom stereocenters. The van der Waals surface area contributed by atoms with E-state index in [4.69, 9.17) is 9.47 Å². The molecule has 3 nitrogen and oxygen atoms in total. The van der Waals surface area contributed by atoms with Crippen LogP contribution in [0.15, 0.2) is 30.3 Å². The molecule has 186 valence electrons. The Morgan fingerprint density at radius 3 is 1.53 bits per heavy atom. The number of benzene rings is 1. The molecule has 1 aromatic carbocycles. The van der Waals surface area contributed by atoms with E-state index < -0.39 is 0 Å². The standard InChI is InChI=1S/C29H53NO2/c1-5-9-11-13-18-22-28(31-7-3)25-30(24-27-20-16-15-17-21-27)26-29(32-8-4)23-19-14-12-10-6-2/h15-17,20-21,28-29H,5-14,18-19,22-26H2,1-4H3. The van der Waals surface area contributed by atoms with Crippen molar-refractivity contribution in [2.24, 2.45) is 0 Å². The van der Waals surface area contributed by atoms with Gasteiger partial charge < -0.3 is 9.47 Å². The minimum absolute atomic E-state index is 0.317. The first kappa shape index (κ1) is 29.1. The van der Waals surface area contributed by atoms with E-state index in [9.17, 15) is 0 Å². The van der Waals surface area contributed by atoms with Gasteiger partial charge in [0.1, 0.15) is 0 Å². The SMILES string of the molecule is CCCCCCCC(CN(Cc1ccccc1)CC(CCCCCCC)OCC)OCC. The van der Waals surface area contributed by atoms with Gasteiger partial charge in [-0.25, -0.2) is 0 Å². The Morgan fingerprint density at radius 1 is 0.625 bits per heavy atom. The lowest BCUT2D eigenvalue weighted by atomic mass is 10.1. The highest BCUT2D eigenvalue weighted by atomic mass is 16.5. The molecule has 0 heterocycles. The van der Waals surface area contributed by atoms with Crippen LogP contribution in [-0.2, 0) is 16.0 Å². The van der Waals surface area contributed by atoms with Crippen LogP contribution < -0.4 is 0 Å². The second kappa shape index (κ2) is 20.7. The maximum atomic E-state index is 6.20. The summed E-state index contributed by atoms with van der Waals surface area (Å²) in [5.74, 6) is 0. The van der Waals surface area contributed by atoms with Gasteiger partial charge in [0.05, 0.1) is 12.2 Å². The Morgan fingerprint density at radius 2 is 1.09 bits per heavy atom. The summed E-state index contributed by atoms with van der Waals surface area (Å²) >= 11 is 0. The number of hydrogen-bond acceptors (Lipinski definition) is 3. The van der Waals surface area contributed by atoms with Crippen molar-refractivity contribution in [3.63, 3.8) is 0 Å². The number of unbranched alkanes of at least 4 members (excludes halogenated alkanes) is 8. The minimum Gasteiger partial charge on any atom is -0.377 e. The molecule has 0 aliphatic carbocycles. The van der Waals surface area contributed by atoms with Crippen molar-refractivity contribution in [1.82, 2.24) is 4.90 Å². The first-order valence-electron chi connectivity index (χ1n) is 13.7. The highest BCUT2D eigenvalue weighted by Gasteiger charge is 2.19. The number of hydrogen-bond donors (Lipinski definition) is 0. The summed E-state index contributed by atoms with van der Waals surface area (Å²) in [5.41, 5.74) is 1.38. The van der Waals surface area contributed by atoms with Crippen molar-refractivity contribution < 1.29 is 9.47 Å². The topological polar surface area (TPSA) is 21.7 Å². The number of rotatable bonds is 22. The van der Waals surface area contributed by atoms with Crippen LogP contribution >= 0.6 is 0 Å². The molecule has 0 fully saturated rings. The molecule has 32 heavy (non-hydrogen) atoms. The van der Waals surface area contributed by atoms with E-state index in [1.54, 1.807) is 0 Å². The van der Waals surface area contributed by atoms with E-state index in [0.717, 1.165) is 32.8 Å². The third kappa shape index (κ3) is 15.0. The zero-order chi connectivity index (χ0) is 23.3. The average molecular weight is 448 g/mol. The predicted molar refractivity (Wildman–Crippen MR) is 139 cm³/mol. The fourth-order valence-corrected chi connectivity index (χ4v) is 4.50. The van der Waals surface area contributed by atoms with Crippen molar-refractivity contribution in [3.05, 3.63) is 35.9 Å². The molecule has 0 aliphatic rings. The lowest BCUT2D eigenvalue weighted by molar-refractivity contribution is -0.00843. The summed E-state index contributed by atoms with van der Waals surface area (Å²) in [6.07, 6.45) is 16.2. The van der Waals surface area contributed by atoms with E-state index in [-0.39, 0.29) is 0 Å². The van der Waals surface area contributed by atoms with E-state index in [1.807, 2.05) is 0 Å². The zero-order valence-corrected chi connectivity index (χ0v) is 21.8. The van der Waals surface area contributed by atoms with Crippen molar-refractivity contribution in [2.75, 3.05) is 26.3 Å². The third-order valence-electron chi connectivity index (χ3n) is 6.24. The van der Waals surface area contributed by atoms with E-state index in [1.165, 1.54) is 82.6 Å². The predicted octanol–water partition coefficient (Wildman–Crippen LogP) is 8.02. The smallest absolute Gasteiger partial charge is 0.0702 e. The quantitative estimate of drug-likeness (QED) is 0.168. The normalized spacial score (nSPS) is 13.5. The number of ether oxygens (including phenoxy) is 2. The number of nitrogens with zero attached hydrogens (tertiary/aromatic N) is 1. The first-order valence-corrected chi connectivity index (χ1v) is 13.7. The summed E-state index contributed by atoms with van der Waals surface area (Å²) in [5, 5.41) is 0. The third-order valence-corrected chi connectivity index (χ3v) is 6.24. The molecule has 0 radical (unpaired) electrons. The molecule has 0 N–H and O–H groups in total. The Balaban J connectivity index is 2.70. The van der Waals surface area contributed by atoms with Gasteiger partial charge in [-0.05, 0) is 32.3 Å². The van der Waals surface area contributed by atoms with Crippen LogP contribution in [0.5, 0.6) is 0 Å². The first-order chi connectivity index (χ1) is 15.7. The van der Waals surface area contributed by atoms with E-state index in [2.05, 4.69) is 62.9 Å². The summed E-state index contributed by atoms with van der Waals surface area (Å²) < 4.78 is 12.4. The Bertz CT molecular complexity index is 481. The molecule has 1 rings (SSSR count). The molecule has 0 bridgehead atoms. The molecule has 1 aromatic rings. The zero-order valence-electron chi connectivity index (χ0n) is 21.8. The van der Waals surface area contributed by atoms with E-state index >= 15 is 0 Å². The molecule has 0 saturated carbocycles. The van der Waals surface area contributed by atoms with Gasteiger partial charge in [-0.15, -0.1) is 0 Å². The molecule has 0 amide bonds. The molecule has 0 aromatic heterocycles. The largest absolute Gasteiger partial charge is 0.377 e. The van der Waals surface area contributed by atoms with Gasteiger partial charge in [0.2, 0.25) is 0 Å². The van der Waals surface area contributed by atoms with Gasteiger partial charge in [-0.1, -0.05) is 108 Å². The molecular weight excluding hydrogens is 394 g/mol. The Hall–Kier alpha value is -0.900. The highest BCUT2D eigenvalue weighted by Crippen LogP contribution is 2.16.